The first-order valence-electron chi connectivity index (χ1n) is 4.71. The lowest BCUT2D eigenvalue weighted by Crippen LogP contribution is -1.99. The van der Waals surface area contributed by atoms with Crippen molar-refractivity contribution < 1.29 is 14.6 Å². The molecule has 0 aliphatic rings. The van der Waals surface area contributed by atoms with E-state index in [1.807, 2.05) is 0 Å². The number of methoxy groups -OCH3 is 1. The molecule has 0 fully saturated rings. The second-order valence-corrected chi connectivity index (χ2v) is 4.10. The molecule has 0 aliphatic carbocycles. The molecule has 2 aromatic rings. The van der Waals surface area contributed by atoms with Crippen molar-refractivity contribution in [3.05, 3.63) is 29.0 Å². The highest BCUT2D eigenvalue weighted by atomic mass is 32.1. The zero-order chi connectivity index (χ0) is 12.3. The minimum absolute atomic E-state index is 0.158. The van der Waals surface area contributed by atoms with Gasteiger partial charge in [0.1, 0.15) is 4.88 Å². The molecule has 1 N–H and O–H groups in total. The van der Waals surface area contributed by atoms with Gasteiger partial charge < -0.3 is 9.84 Å². The first-order chi connectivity index (χ1) is 8.22. The second kappa shape index (κ2) is 4.98. The van der Waals surface area contributed by atoms with Gasteiger partial charge in [-0.15, -0.1) is 11.3 Å². The zero-order valence-corrected chi connectivity index (χ0v) is 9.77. The molecular formula is C10H9N3O3S. The van der Waals surface area contributed by atoms with E-state index in [-0.39, 0.29) is 11.5 Å². The molecule has 0 aliphatic heterocycles. The average molecular weight is 251 g/mol. The van der Waals surface area contributed by atoms with Crippen molar-refractivity contribution in [2.45, 2.75) is 6.61 Å². The predicted octanol–water partition coefficient (Wildman–Crippen LogP) is 1.44. The van der Waals surface area contributed by atoms with Gasteiger partial charge in [0.25, 0.3) is 0 Å². The van der Waals surface area contributed by atoms with E-state index in [2.05, 4.69) is 15.0 Å². The topological polar surface area (TPSA) is 85.2 Å². The monoisotopic (exact) mass is 251 g/mol. The number of rotatable bonds is 4. The molecule has 17 heavy (non-hydrogen) atoms. The van der Waals surface area contributed by atoms with Crippen molar-refractivity contribution in [2.75, 3.05) is 7.11 Å². The summed E-state index contributed by atoms with van der Waals surface area (Å²) < 4.78 is 4.91. The van der Waals surface area contributed by atoms with Crippen LogP contribution in [0.4, 0.5) is 0 Å². The van der Waals surface area contributed by atoms with Crippen LogP contribution in [-0.4, -0.2) is 33.1 Å². The highest BCUT2D eigenvalue weighted by Gasteiger charge is 2.18. The molecule has 0 saturated heterocycles. The van der Waals surface area contributed by atoms with Crippen LogP contribution in [0, 0.1) is 0 Å². The number of nitrogens with zero attached hydrogens (tertiary/aromatic N) is 3. The number of carboxylic acids is 1. The third-order valence-electron chi connectivity index (χ3n) is 1.93. The van der Waals surface area contributed by atoms with E-state index in [0.29, 0.717) is 16.5 Å². The van der Waals surface area contributed by atoms with Crippen LogP contribution in [0.2, 0.25) is 0 Å². The Morgan fingerprint density at radius 3 is 2.76 bits per heavy atom. The van der Waals surface area contributed by atoms with Crippen LogP contribution in [0.25, 0.3) is 10.8 Å². The second-order valence-electron chi connectivity index (χ2n) is 3.11. The minimum Gasteiger partial charge on any atom is -0.477 e. The van der Waals surface area contributed by atoms with E-state index in [0.717, 1.165) is 11.3 Å². The Labute approximate surface area is 101 Å². The fourth-order valence-corrected chi connectivity index (χ4v) is 2.11. The third kappa shape index (κ3) is 2.45. The molecule has 0 spiro atoms. The van der Waals surface area contributed by atoms with Gasteiger partial charge in [-0.3, -0.25) is 0 Å². The number of carboxylic acid groups (broad SMARTS) is 1. The molecular weight excluding hydrogens is 242 g/mol. The first kappa shape index (κ1) is 11.6. The lowest BCUT2D eigenvalue weighted by Gasteiger charge is -1.94. The summed E-state index contributed by atoms with van der Waals surface area (Å²) >= 11 is 1.04. The zero-order valence-electron chi connectivity index (χ0n) is 8.95. The Hall–Kier alpha value is -1.86. The van der Waals surface area contributed by atoms with E-state index < -0.39 is 5.97 Å². The van der Waals surface area contributed by atoms with Gasteiger partial charge in [-0.25, -0.2) is 19.7 Å². The maximum atomic E-state index is 11.0. The van der Waals surface area contributed by atoms with E-state index in [9.17, 15) is 4.79 Å². The molecule has 0 atom stereocenters. The molecule has 2 rings (SSSR count). The molecule has 7 heteroatoms. The van der Waals surface area contributed by atoms with Crippen molar-refractivity contribution in [2.24, 2.45) is 0 Å². The average Bonchev–Trinajstić information content (AvgIpc) is 2.75. The van der Waals surface area contributed by atoms with Crippen LogP contribution in [0.15, 0.2) is 18.5 Å². The molecule has 88 valence electrons. The van der Waals surface area contributed by atoms with Crippen molar-refractivity contribution >= 4 is 17.3 Å². The molecule has 2 aromatic heterocycles. The Bertz CT molecular complexity index is 527. The number of hydrogen-bond acceptors (Lipinski definition) is 6. The summed E-state index contributed by atoms with van der Waals surface area (Å²) in [6, 6.07) is 1.69. The number of thiazole rings is 1. The fraction of sp³-hybridized carbons (Fsp3) is 0.200. The van der Waals surface area contributed by atoms with Crippen molar-refractivity contribution in [3.8, 4) is 10.8 Å². The van der Waals surface area contributed by atoms with Crippen LogP contribution >= 0.6 is 11.3 Å². The largest absolute Gasteiger partial charge is 0.477 e. The van der Waals surface area contributed by atoms with E-state index >= 15 is 0 Å². The number of hydrogen-bond donors (Lipinski definition) is 1. The van der Waals surface area contributed by atoms with Gasteiger partial charge in [-0.05, 0) is 6.07 Å². The van der Waals surface area contributed by atoms with Gasteiger partial charge in [-0.1, -0.05) is 0 Å². The first-order valence-corrected chi connectivity index (χ1v) is 5.53. The lowest BCUT2D eigenvalue weighted by molar-refractivity contribution is 0.0697. The highest BCUT2D eigenvalue weighted by molar-refractivity contribution is 7.16. The summed E-state index contributed by atoms with van der Waals surface area (Å²) in [6.07, 6.45) is 3.17. The lowest BCUT2D eigenvalue weighted by atomic mass is 10.4. The molecule has 0 amide bonds. The summed E-state index contributed by atoms with van der Waals surface area (Å²) in [4.78, 5) is 23.4. The van der Waals surface area contributed by atoms with E-state index in [1.165, 1.54) is 7.11 Å². The summed E-state index contributed by atoms with van der Waals surface area (Å²) in [5.74, 6) is -0.598. The quantitative estimate of drug-likeness (QED) is 0.885. The van der Waals surface area contributed by atoms with Crippen molar-refractivity contribution in [1.29, 1.82) is 0 Å². The smallest absolute Gasteiger partial charge is 0.347 e. The van der Waals surface area contributed by atoms with Gasteiger partial charge in [0.15, 0.2) is 10.8 Å². The van der Waals surface area contributed by atoms with Gasteiger partial charge in [-0.2, -0.15) is 0 Å². The molecule has 0 unspecified atom stereocenters. The van der Waals surface area contributed by atoms with Gasteiger partial charge >= 0.3 is 5.97 Å². The number of carbonyl (C=O) groups is 1. The Kier molecular flexibility index (Phi) is 3.40. The molecule has 6 nitrogen and oxygen atoms in total. The summed E-state index contributed by atoms with van der Waals surface area (Å²) in [6.45, 7) is 0.158. The van der Waals surface area contributed by atoms with E-state index in [4.69, 9.17) is 9.84 Å². The molecule has 0 bridgehead atoms. The normalized spacial score (nSPS) is 10.4. The number of aromatic carboxylic acids is 1. The summed E-state index contributed by atoms with van der Waals surface area (Å²) in [5, 5.41) is 9.51. The van der Waals surface area contributed by atoms with Crippen LogP contribution in [0.3, 0.4) is 0 Å². The summed E-state index contributed by atoms with van der Waals surface area (Å²) in [7, 11) is 1.49. The number of ether oxygens (including phenoxy) is 1. The van der Waals surface area contributed by atoms with Gasteiger partial charge in [0.05, 0.1) is 12.3 Å². The fourth-order valence-electron chi connectivity index (χ4n) is 1.26. The van der Waals surface area contributed by atoms with Gasteiger partial charge in [0, 0.05) is 19.5 Å². The molecule has 0 saturated carbocycles. The Balaban J connectivity index is 2.44. The minimum atomic E-state index is -1.02. The molecule has 2 heterocycles. The highest BCUT2D eigenvalue weighted by Crippen LogP contribution is 2.25. The van der Waals surface area contributed by atoms with Crippen LogP contribution in [-0.2, 0) is 11.3 Å². The molecule has 0 aromatic carbocycles. The van der Waals surface area contributed by atoms with Crippen LogP contribution < -0.4 is 0 Å². The van der Waals surface area contributed by atoms with Crippen molar-refractivity contribution in [3.63, 3.8) is 0 Å². The predicted molar refractivity (Wildman–Crippen MR) is 60.8 cm³/mol. The summed E-state index contributed by atoms with van der Waals surface area (Å²) in [5.41, 5.74) is 0.396. The third-order valence-corrected chi connectivity index (χ3v) is 3.01. The van der Waals surface area contributed by atoms with Crippen LogP contribution in [0.1, 0.15) is 15.4 Å². The Morgan fingerprint density at radius 1 is 1.47 bits per heavy atom. The standard InChI is InChI=1S/C10H9N3O3S/c1-16-5-6-7(10(14)15)17-9(13-6)8-11-3-2-4-12-8/h2-4H,5H2,1H3,(H,14,15). The van der Waals surface area contributed by atoms with Gasteiger partial charge in [0.2, 0.25) is 0 Å². The maximum Gasteiger partial charge on any atom is 0.347 e. The van der Waals surface area contributed by atoms with Crippen molar-refractivity contribution in [1.82, 2.24) is 15.0 Å². The maximum absolute atomic E-state index is 11.0. The SMILES string of the molecule is COCc1nc(-c2ncccn2)sc1C(=O)O. The molecule has 0 radical (unpaired) electrons. The van der Waals surface area contributed by atoms with E-state index in [1.54, 1.807) is 18.5 Å². The number of aromatic nitrogens is 3. The van der Waals surface area contributed by atoms with Crippen LogP contribution in [0.5, 0.6) is 0 Å². The Morgan fingerprint density at radius 2 is 2.18 bits per heavy atom.